The zero-order valence-corrected chi connectivity index (χ0v) is 16.0. The molecule has 0 radical (unpaired) electrons. The third-order valence-corrected chi connectivity index (χ3v) is 5.59. The van der Waals surface area contributed by atoms with Gasteiger partial charge >= 0.3 is 0 Å². The maximum Gasteiger partial charge on any atom is 0.120 e. The Bertz CT molecular complexity index is 887. The second-order valence-electron chi connectivity index (χ2n) is 7.29. The van der Waals surface area contributed by atoms with Gasteiger partial charge in [-0.05, 0) is 61.7 Å². The average molecular weight is 385 g/mol. The summed E-state index contributed by atoms with van der Waals surface area (Å²) in [5.41, 5.74) is 2.64. The molecule has 1 aliphatic heterocycles. The average Bonchev–Trinajstić information content (AvgIpc) is 3.11. The van der Waals surface area contributed by atoms with Crippen molar-refractivity contribution in [3.05, 3.63) is 65.3 Å². The van der Waals surface area contributed by atoms with Crippen LogP contribution in [0.3, 0.4) is 0 Å². The highest BCUT2D eigenvalue weighted by molar-refractivity contribution is 6.30. The van der Waals surface area contributed by atoms with Crippen LogP contribution in [0.5, 0.6) is 5.75 Å². The Morgan fingerprint density at radius 2 is 1.96 bits per heavy atom. The first-order valence-corrected chi connectivity index (χ1v) is 9.91. The van der Waals surface area contributed by atoms with Crippen LogP contribution in [0.4, 0.5) is 0 Å². The fourth-order valence-corrected chi connectivity index (χ4v) is 4.14. The minimum Gasteiger partial charge on any atom is -0.491 e. The molecule has 2 N–H and O–H groups in total. The van der Waals surface area contributed by atoms with E-state index in [9.17, 15) is 5.11 Å². The van der Waals surface area contributed by atoms with Crippen LogP contribution in [0.2, 0.25) is 5.02 Å². The van der Waals surface area contributed by atoms with E-state index in [4.69, 9.17) is 16.3 Å². The van der Waals surface area contributed by atoms with Crippen LogP contribution in [0.1, 0.15) is 24.3 Å². The van der Waals surface area contributed by atoms with Gasteiger partial charge in [-0.3, -0.25) is 0 Å². The number of fused-ring (bicyclic) bond motifs is 1. The molecule has 142 valence electrons. The van der Waals surface area contributed by atoms with E-state index >= 15 is 0 Å². The van der Waals surface area contributed by atoms with Gasteiger partial charge in [0.25, 0.3) is 0 Å². The Hall–Kier alpha value is -2.01. The van der Waals surface area contributed by atoms with Crippen LogP contribution < -0.4 is 4.74 Å². The Morgan fingerprint density at radius 3 is 2.78 bits per heavy atom. The van der Waals surface area contributed by atoms with Gasteiger partial charge in [-0.25, -0.2) is 0 Å². The van der Waals surface area contributed by atoms with E-state index in [2.05, 4.69) is 40.3 Å². The van der Waals surface area contributed by atoms with Crippen LogP contribution in [0, 0.1) is 0 Å². The van der Waals surface area contributed by atoms with E-state index < -0.39 is 6.10 Å². The predicted molar refractivity (Wildman–Crippen MR) is 110 cm³/mol. The number of halogens is 1. The standard InChI is InChI=1S/C22H25ClN2O2/c23-17-4-3-5-19(12-17)27-15-18(26)14-25-10-8-16(9-11-25)21-13-24-22-7-2-1-6-20(21)22/h1-7,12-13,16,18,24,26H,8-11,14-15H2. The number of aliphatic hydroxyl groups excluding tert-OH is 1. The van der Waals surface area contributed by atoms with Crippen LogP contribution in [0.15, 0.2) is 54.7 Å². The third-order valence-electron chi connectivity index (χ3n) is 5.36. The molecule has 1 aromatic heterocycles. The van der Waals surface area contributed by atoms with E-state index in [-0.39, 0.29) is 6.61 Å². The van der Waals surface area contributed by atoms with Crippen LogP contribution in [-0.2, 0) is 0 Å². The molecule has 1 aliphatic rings. The maximum absolute atomic E-state index is 10.3. The fraction of sp³-hybridized carbons (Fsp3) is 0.364. The minimum atomic E-state index is -0.506. The van der Waals surface area contributed by atoms with E-state index in [1.807, 2.05) is 18.2 Å². The summed E-state index contributed by atoms with van der Waals surface area (Å²) in [7, 11) is 0. The second-order valence-corrected chi connectivity index (χ2v) is 7.72. The lowest BCUT2D eigenvalue weighted by molar-refractivity contribution is 0.0595. The zero-order chi connectivity index (χ0) is 18.6. The molecule has 2 heterocycles. The monoisotopic (exact) mass is 384 g/mol. The van der Waals surface area contributed by atoms with Crippen molar-refractivity contribution in [2.75, 3.05) is 26.2 Å². The Labute approximate surface area is 164 Å². The summed E-state index contributed by atoms with van der Waals surface area (Å²) in [6.45, 7) is 2.92. The molecule has 4 rings (SSSR count). The molecule has 0 amide bonds. The number of aliphatic hydroxyl groups is 1. The molecule has 5 heteroatoms. The highest BCUT2D eigenvalue weighted by Gasteiger charge is 2.24. The Morgan fingerprint density at radius 1 is 1.15 bits per heavy atom. The lowest BCUT2D eigenvalue weighted by Crippen LogP contribution is -2.40. The van der Waals surface area contributed by atoms with Gasteiger partial charge in [-0.15, -0.1) is 0 Å². The number of hydrogen-bond acceptors (Lipinski definition) is 3. The number of piperidine rings is 1. The number of β-amino-alcohol motifs (C(OH)–C–C–N with tert-alkyl or cyclic N) is 1. The van der Waals surface area contributed by atoms with Crippen molar-refractivity contribution >= 4 is 22.5 Å². The molecule has 3 aromatic rings. The SMILES string of the molecule is OC(COc1cccc(Cl)c1)CN1CCC(c2c[nH]c3ccccc23)CC1. The summed E-state index contributed by atoms with van der Waals surface area (Å²) >= 11 is 5.96. The predicted octanol–water partition coefficient (Wildman–Crippen LogP) is 4.44. The lowest BCUT2D eigenvalue weighted by atomic mass is 9.89. The molecule has 0 saturated carbocycles. The summed E-state index contributed by atoms with van der Waals surface area (Å²) in [5, 5.41) is 12.3. The molecule has 1 saturated heterocycles. The smallest absolute Gasteiger partial charge is 0.120 e. The van der Waals surface area contributed by atoms with E-state index in [1.165, 1.54) is 16.5 Å². The van der Waals surface area contributed by atoms with Crippen molar-refractivity contribution in [2.24, 2.45) is 0 Å². The summed E-state index contributed by atoms with van der Waals surface area (Å²) in [4.78, 5) is 5.72. The van der Waals surface area contributed by atoms with Gasteiger partial charge in [-0.2, -0.15) is 0 Å². The molecule has 4 nitrogen and oxygen atoms in total. The first-order chi connectivity index (χ1) is 13.2. The number of aromatic nitrogens is 1. The zero-order valence-electron chi connectivity index (χ0n) is 15.3. The molecule has 1 fully saturated rings. The summed E-state index contributed by atoms with van der Waals surface area (Å²) in [6.07, 6.45) is 3.89. The molecular weight excluding hydrogens is 360 g/mol. The summed E-state index contributed by atoms with van der Waals surface area (Å²) in [5.74, 6) is 1.27. The second kappa shape index (κ2) is 8.34. The fourth-order valence-electron chi connectivity index (χ4n) is 3.96. The first-order valence-electron chi connectivity index (χ1n) is 9.54. The van der Waals surface area contributed by atoms with Crippen molar-refractivity contribution in [3.63, 3.8) is 0 Å². The van der Waals surface area contributed by atoms with Gasteiger partial charge in [0.15, 0.2) is 0 Å². The number of hydrogen-bond donors (Lipinski definition) is 2. The molecule has 0 aliphatic carbocycles. The molecule has 2 aromatic carbocycles. The number of H-pyrrole nitrogens is 1. The van der Waals surface area contributed by atoms with E-state index in [1.54, 1.807) is 6.07 Å². The summed E-state index contributed by atoms with van der Waals surface area (Å²) in [6, 6.07) is 15.8. The number of para-hydroxylation sites is 1. The van der Waals surface area contributed by atoms with Gasteiger partial charge in [-0.1, -0.05) is 35.9 Å². The van der Waals surface area contributed by atoms with Crippen LogP contribution in [0.25, 0.3) is 10.9 Å². The van der Waals surface area contributed by atoms with Crippen molar-refractivity contribution in [1.29, 1.82) is 0 Å². The van der Waals surface area contributed by atoms with Gasteiger partial charge in [0, 0.05) is 28.7 Å². The molecule has 27 heavy (non-hydrogen) atoms. The number of likely N-dealkylation sites (tertiary alicyclic amines) is 1. The van der Waals surface area contributed by atoms with Gasteiger partial charge < -0.3 is 19.7 Å². The van der Waals surface area contributed by atoms with Crippen molar-refractivity contribution in [2.45, 2.75) is 24.9 Å². The van der Waals surface area contributed by atoms with Crippen molar-refractivity contribution < 1.29 is 9.84 Å². The normalized spacial score (nSPS) is 17.3. The van der Waals surface area contributed by atoms with Crippen molar-refractivity contribution in [1.82, 2.24) is 9.88 Å². The highest BCUT2D eigenvalue weighted by atomic mass is 35.5. The molecule has 0 bridgehead atoms. The van der Waals surface area contributed by atoms with Gasteiger partial charge in [0.2, 0.25) is 0 Å². The lowest BCUT2D eigenvalue weighted by Gasteiger charge is -2.33. The number of nitrogens with one attached hydrogen (secondary N) is 1. The topological polar surface area (TPSA) is 48.5 Å². The van der Waals surface area contributed by atoms with E-state index in [0.29, 0.717) is 23.2 Å². The molecular formula is C22H25ClN2O2. The maximum atomic E-state index is 10.3. The summed E-state index contributed by atoms with van der Waals surface area (Å²) < 4.78 is 5.65. The first kappa shape index (κ1) is 18.4. The van der Waals surface area contributed by atoms with Gasteiger partial charge in [0.1, 0.15) is 18.5 Å². The minimum absolute atomic E-state index is 0.280. The molecule has 1 unspecified atom stereocenters. The Kier molecular flexibility index (Phi) is 5.67. The third kappa shape index (κ3) is 4.46. The number of aromatic amines is 1. The van der Waals surface area contributed by atoms with Crippen LogP contribution >= 0.6 is 11.6 Å². The number of nitrogens with zero attached hydrogens (tertiary/aromatic N) is 1. The van der Waals surface area contributed by atoms with Crippen molar-refractivity contribution in [3.8, 4) is 5.75 Å². The highest BCUT2D eigenvalue weighted by Crippen LogP contribution is 2.33. The quantitative estimate of drug-likeness (QED) is 0.660. The largest absolute Gasteiger partial charge is 0.491 e. The van der Waals surface area contributed by atoms with Gasteiger partial charge in [0.05, 0.1) is 0 Å². The molecule has 1 atom stereocenters. The van der Waals surface area contributed by atoms with Crippen LogP contribution in [-0.4, -0.2) is 47.3 Å². The van der Waals surface area contributed by atoms with E-state index in [0.717, 1.165) is 25.9 Å². The number of rotatable bonds is 6. The number of benzene rings is 2. The Balaban J connectivity index is 1.26. The number of ether oxygens (including phenoxy) is 1. The molecule has 0 spiro atoms.